The number of carbonyl (C=O) groups excluding carboxylic acids is 3. The van der Waals surface area contributed by atoms with Gasteiger partial charge in [-0.25, -0.2) is 0 Å². The number of rotatable bonds is 12. The van der Waals surface area contributed by atoms with Crippen LogP contribution in [-0.2, 0) is 9.59 Å². The number of nitrogens with one attached hydrogen (secondary N) is 3. The first-order chi connectivity index (χ1) is 23.7. The number of hydrogen-bond donors (Lipinski definition) is 3. The SMILES string of the molecule is COc1ccccc1/C=C(/NC(=O)c1ccccc1)C(=O)Nc1cccc(SC(C(=O)Nc2ccc([N+](=O)[O-])cc2C)c2ccccc2)c1. The first kappa shape index (κ1) is 34.1. The van der Waals surface area contributed by atoms with Gasteiger partial charge in [0.15, 0.2) is 0 Å². The second kappa shape index (κ2) is 16.1. The van der Waals surface area contributed by atoms with Crippen LogP contribution < -0.4 is 20.7 Å². The van der Waals surface area contributed by atoms with Crippen molar-refractivity contribution in [3.05, 3.63) is 165 Å². The molecule has 49 heavy (non-hydrogen) atoms. The molecule has 5 aromatic carbocycles. The predicted molar refractivity (Wildman–Crippen MR) is 191 cm³/mol. The van der Waals surface area contributed by atoms with Gasteiger partial charge in [-0.2, -0.15) is 0 Å². The molecule has 10 nitrogen and oxygen atoms in total. The highest BCUT2D eigenvalue weighted by Crippen LogP contribution is 2.37. The summed E-state index contributed by atoms with van der Waals surface area (Å²) in [5, 5.41) is 19.0. The van der Waals surface area contributed by atoms with Gasteiger partial charge in [-0.05, 0) is 66.6 Å². The van der Waals surface area contributed by atoms with E-state index < -0.39 is 22.0 Å². The molecule has 0 fully saturated rings. The normalized spacial score (nSPS) is 11.6. The largest absolute Gasteiger partial charge is 0.496 e. The first-order valence-electron chi connectivity index (χ1n) is 15.1. The van der Waals surface area contributed by atoms with Crippen LogP contribution in [0.2, 0.25) is 0 Å². The van der Waals surface area contributed by atoms with Crippen molar-refractivity contribution < 1.29 is 24.0 Å². The highest BCUT2D eigenvalue weighted by atomic mass is 32.2. The van der Waals surface area contributed by atoms with Gasteiger partial charge in [-0.1, -0.05) is 72.8 Å². The van der Waals surface area contributed by atoms with E-state index in [1.54, 1.807) is 85.8 Å². The summed E-state index contributed by atoms with van der Waals surface area (Å²) >= 11 is 1.28. The van der Waals surface area contributed by atoms with Crippen molar-refractivity contribution in [2.75, 3.05) is 17.7 Å². The Hall–Kier alpha value is -6.20. The number of nitrogens with zero attached hydrogens (tertiary/aromatic N) is 1. The number of ether oxygens (including phenoxy) is 1. The van der Waals surface area contributed by atoms with Crippen molar-refractivity contribution in [3.63, 3.8) is 0 Å². The lowest BCUT2D eigenvalue weighted by Crippen LogP contribution is -2.30. The van der Waals surface area contributed by atoms with Gasteiger partial charge in [0.1, 0.15) is 16.7 Å². The van der Waals surface area contributed by atoms with E-state index in [9.17, 15) is 24.5 Å². The maximum Gasteiger partial charge on any atom is 0.272 e. The molecule has 0 radical (unpaired) electrons. The Bertz CT molecular complexity index is 2020. The van der Waals surface area contributed by atoms with Gasteiger partial charge in [-0.15, -0.1) is 11.8 Å². The zero-order valence-corrected chi connectivity index (χ0v) is 27.4. The van der Waals surface area contributed by atoms with Crippen molar-refractivity contribution >= 4 is 52.6 Å². The third kappa shape index (κ3) is 8.99. The van der Waals surface area contributed by atoms with Crippen LogP contribution in [0.1, 0.15) is 32.3 Å². The van der Waals surface area contributed by atoms with E-state index in [4.69, 9.17) is 4.74 Å². The number of benzene rings is 5. The number of non-ortho nitro benzene ring substituents is 1. The van der Waals surface area contributed by atoms with E-state index in [0.29, 0.717) is 38.7 Å². The molecule has 1 unspecified atom stereocenters. The molecular formula is C38H32N4O6S. The number of aryl methyl sites for hydroxylation is 1. The van der Waals surface area contributed by atoms with Gasteiger partial charge in [0.2, 0.25) is 5.91 Å². The van der Waals surface area contributed by atoms with Crippen LogP contribution in [0, 0.1) is 17.0 Å². The lowest BCUT2D eigenvalue weighted by atomic mass is 10.1. The Morgan fingerprint density at radius 1 is 0.816 bits per heavy atom. The Labute approximate surface area is 287 Å². The zero-order chi connectivity index (χ0) is 34.8. The van der Waals surface area contributed by atoms with Crippen molar-refractivity contribution in [1.29, 1.82) is 0 Å². The van der Waals surface area contributed by atoms with E-state index in [1.165, 1.54) is 37.1 Å². The minimum atomic E-state index is -0.701. The number of methoxy groups -OCH3 is 1. The molecule has 0 aromatic heterocycles. The summed E-state index contributed by atoms with van der Waals surface area (Å²) in [6.07, 6.45) is 1.55. The van der Waals surface area contributed by atoms with Crippen LogP contribution in [0.4, 0.5) is 17.1 Å². The minimum absolute atomic E-state index is 0.00332. The van der Waals surface area contributed by atoms with Crippen molar-refractivity contribution in [1.82, 2.24) is 5.32 Å². The lowest BCUT2D eigenvalue weighted by molar-refractivity contribution is -0.384. The highest BCUT2D eigenvalue weighted by Gasteiger charge is 2.24. The molecule has 0 saturated carbocycles. The minimum Gasteiger partial charge on any atom is -0.496 e. The quantitative estimate of drug-likeness (QED) is 0.0532. The topological polar surface area (TPSA) is 140 Å². The van der Waals surface area contributed by atoms with Crippen LogP contribution in [-0.4, -0.2) is 29.8 Å². The smallest absolute Gasteiger partial charge is 0.272 e. The van der Waals surface area contributed by atoms with Gasteiger partial charge in [0.05, 0.1) is 12.0 Å². The molecule has 0 bridgehead atoms. The molecule has 0 aliphatic heterocycles. The Kier molecular flexibility index (Phi) is 11.2. The highest BCUT2D eigenvalue weighted by molar-refractivity contribution is 8.00. The zero-order valence-electron chi connectivity index (χ0n) is 26.6. The van der Waals surface area contributed by atoms with Crippen LogP contribution in [0.15, 0.2) is 138 Å². The fraction of sp³-hybridized carbons (Fsp3) is 0.0789. The summed E-state index contributed by atoms with van der Waals surface area (Å²) < 4.78 is 5.45. The van der Waals surface area contributed by atoms with Gasteiger partial charge < -0.3 is 20.7 Å². The third-order valence-corrected chi connectivity index (χ3v) is 8.58. The average molecular weight is 673 g/mol. The van der Waals surface area contributed by atoms with Gasteiger partial charge in [-0.3, -0.25) is 24.5 Å². The van der Waals surface area contributed by atoms with Crippen LogP contribution in [0.5, 0.6) is 5.75 Å². The maximum absolute atomic E-state index is 13.7. The molecule has 5 rings (SSSR count). The molecule has 246 valence electrons. The van der Waals surface area contributed by atoms with Crippen molar-refractivity contribution in [2.45, 2.75) is 17.1 Å². The van der Waals surface area contributed by atoms with Crippen LogP contribution >= 0.6 is 11.8 Å². The summed E-state index contributed by atoms with van der Waals surface area (Å²) in [5.74, 6) is -0.827. The molecule has 5 aromatic rings. The number of hydrogen-bond acceptors (Lipinski definition) is 7. The summed E-state index contributed by atoms with van der Waals surface area (Å²) in [4.78, 5) is 51.9. The summed E-state index contributed by atoms with van der Waals surface area (Å²) in [6.45, 7) is 1.69. The molecule has 3 amide bonds. The Morgan fingerprint density at radius 3 is 2.20 bits per heavy atom. The second-order valence-electron chi connectivity index (χ2n) is 10.8. The van der Waals surface area contributed by atoms with Crippen LogP contribution in [0.25, 0.3) is 6.08 Å². The third-order valence-electron chi connectivity index (χ3n) is 7.33. The monoisotopic (exact) mass is 672 g/mol. The predicted octanol–water partition coefficient (Wildman–Crippen LogP) is 7.79. The molecule has 0 heterocycles. The van der Waals surface area contributed by atoms with Crippen molar-refractivity contribution in [3.8, 4) is 5.75 Å². The first-order valence-corrected chi connectivity index (χ1v) is 16.0. The Balaban J connectivity index is 1.39. The standard InChI is InChI=1S/C38H32N4O6S/c1-25-22-30(42(46)47)20-21-32(25)40-38(45)35(26-12-5-3-6-13-26)49-31-18-11-17-29(24-31)39-37(44)33(23-28-16-9-10-19-34(28)48-2)41-36(43)27-14-7-4-8-15-27/h3-24,35H,1-2H3,(H,39,44)(H,40,45)(H,41,43)/b33-23+. The number of nitro groups is 1. The molecule has 11 heteroatoms. The van der Waals surface area contributed by atoms with Crippen LogP contribution in [0.3, 0.4) is 0 Å². The number of nitro benzene ring substituents is 1. The maximum atomic E-state index is 13.7. The summed E-state index contributed by atoms with van der Waals surface area (Å²) in [5.41, 5.74) is 3.10. The fourth-order valence-corrected chi connectivity index (χ4v) is 5.95. The summed E-state index contributed by atoms with van der Waals surface area (Å²) in [6, 6.07) is 36.2. The average Bonchev–Trinajstić information content (AvgIpc) is 3.12. The molecule has 3 N–H and O–H groups in total. The lowest BCUT2D eigenvalue weighted by Gasteiger charge is -2.18. The molecule has 1 atom stereocenters. The number of para-hydroxylation sites is 1. The fourth-order valence-electron chi connectivity index (χ4n) is 4.87. The van der Waals surface area contributed by atoms with E-state index >= 15 is 0 Å². The summed E-state index contributed by atoms with van der Waals surface area (Å²) in [7, 11) is 1.52. The van der Waals surface area contributed by atoms with E-state index in [1.807, 2.05) is 36.4 Å². The Morgan fingerprint density at radius 2 is 1.51 bits per heavy atom. The van der Waals surface area contributed by atoms with Gasteiger partial charge >= 0.3 is 0 Å². The number of carbonyl (C=O) groups is 3. The van der Waals surface area contributed by atoms with Gasteiger partial charge in [0.25, 0.3) is 17.5 Å². The number of anilines is 2. The van der Waals surface area contributed by atoms with Gasteiger partial charge in [0, 0.05) is 39.5 Å². The van der Waals surface area contributed by atoms with E-state index in [2.05, 4.69) is 16.0 Å². The van der Waals surface area contributed by atoms with E-state index in [0.717, 1.165) is 5.56 Å². The van der Waals surface area contributed by atoms with Crippen molar-refractivity contribution in [2.24, 2.45) is 0 Å². The molecular weight excluding hydrogens is 641 g/mol. The molecule has 0 aliphatic rings. The molecule has 0 saturated heterocycles. The molecule has 0 aliphatic carbocycles. The molecule has 0 spiro atoms. The second-order valence-corrected chi connectivity index (χ2v) is 11.9. The number of amides is 3. The van der Waals surface area contributed by atoms with E-state index in [-0.39, 0.29) is 17.3 Å². The number of thioether (sulfide) groups is 1.